The van der Waals surface area contributed by atoms with Crippen LogP contribution >= 0.6 is 0 Å². The minimum atomic E-state index is -0.959. The van der Waals surface area contributed by atoms with E-state index in [1.807, 2.05) is 24.1 Å². The molecule has 174 valence electrons. The standard InChI is InChI=1S/C24H31N7O2/c1-15-21(16(2)32)23(33)31(17-5-3-4-6-17)19-14-27-24(29-22(15)19)28-20-8-7-18(13-26-20)30-11-9-25-10-12-30/h7-8,13-14,17,23,25,33H,3-6,9-12H2,1-2H3,(H,26,27,28,29). The van der Waals surface area contributed by atoms with Gasteiger partial charge in [-0.3, -0.25) is 4.79 Å². The van der Waals surface area contributed by atoms with Crippen LogP contribution in [0.1, 0.15) is 45.2 Å². The van der Waals surface area contributed by atoms with Crippen LogP contribution in [-0.4, -0.2) is 64.3 Å². The van der Waals surface area contributed by atoms with Gasteiger partial charge >= 0.3 is 0 Å². The molecule has 0 aromatic carbocycles. The number of aromatic nitrogens is 3. The van der Waals surface area contributed by atoms with Crippen LogP contribution in [0.4, 0.5) is 23.1 Å². The van der Waals surface area contributed by atoms with E-state index < -0.39 is 6.23 Å². The normalized spacial score (nSPS) is 21.4. The number of nitrogens with one attached hydrogen (secondary N) is 2. The lowest BCUT2D eigenvalue weighted by Crippen LogP contribution is -2.47. The lowest BCUT2D eigenvalue weighted by molar-refractivity contribution is -0.114. The third-order valence-corrected chi connectivity index (χ3v) is 6.90. The number of carbonyl (C=O) groups is 1. The average Bonchev–Trinajstić information content (AvgIpc) is 3.35. The van der Waals surface area contributed by atoms with Gasteiger partial charge in [0, 0.05) is 37.8 Å². The highest BCUT2D eigenvalue weighted by atomic mass is 16.3. The SMILES string of the molecule is CC(=O)C1=C(C)c2nc(Nc3ccc(N4CCNCC4)cn3)ncc2N(C2CCCC2)C1O. The van der Waals surface area contributed by atoms with E-state index in [1.54, 1.807) is 6.20 Å². The van der Waals surface area contributed by atoms with Crippen LogP contribution in [0, 0.1) is 0 Å². The molecule has 0 amide bonds. The first-order valence-electron chi connectivity index (χ1n) is 11.8. The van der Waals surface area contributed by atoms with Crippen LogP contribution < -0.4 is 20.4 Å². The molecule has 2 fully saturated rings. The van der Waals surface area contributed by atoms with Gasteiger partial charge in [0.05, 0.1) is 29.5 Å². The summed E-state index contributed by atoms with van der Waals surface area (Å²) < 4.78 is 0. The topological polar surface area (TPSA) is 107 Å². The van der Waals surface area contributed by atoms with Crippen LogP contribution in [0.2, 0.25) is 0 Å². The summed E-state index contributed by atoms with van der Waals surface area (Å²) in [4.78, 5) is 30.5. The van der Waals surface area contributed by atoms with Crippen LogP contribution in [-0.2, 0) is 4.79 Å². The summed E-state index contributed by atoms with van der Waals surface area (Å²) in [5.74, 6) is 0.943. The summed E-state index contributed by atoms with van der Waals surface area (Å²) in [7, 11) is 0. The van der Waals surface area contributed by atoms with Crippen molar-refractivity contribution in [2.45, 2.75) is 51.8 Å². The summed E-state index contributed by atoms with van der Waals surface area (Å²) >= 11 is 0. The Balaban J connectivity index is 1.43. The zero-order valence-corrected chi connectivity index (χ0v) is 19.2. The molecule has 4 heterocycles. The van der Waals surface area contributed by atoms with E-state index in [-0.39, 0.29) is 11.8 Å². The van der Waals surface area contributed by atoms with Gasteiger partial charge in [-0.25, -0.2) is 15.0 Å². The monoisotopic (exact) mass is 449 g/mol. The molecule has 5 rings (SSSR count). The van der Waals surface area contributed by atoms with Crippen molar-refractivity contribution in [3.63, 3.8) is 0 Å². The van der Waals surface area contributed by atoms with Gasteiger partial charge < -0.3 is 25.5 Å². The molecule has 1 atom stereocenters. The summed E-state index contributed by atoms with van der Waals surface area (Å²) in [5, 5.41) is 17.6. The number of ketones is 1. The second-order valence-corrected chi connectivity index (χ2v) is 9.01. The van der Waals surface area contributed by atoms with E-state index in [1.165, 1.54) is 6.92 Å². The predicted octanol–water partition coefficient (Wildman–Crippen LogP) is 2.47. The lowest BCUT2D eigenvalue weighted by atomic mass is 9.93. The fraction of sp³-hybridized carbons (Fsp3) is 0.500. The minimum Gasteiger partial charge on any atom is -0.369 e. The molecule has 1 aliphatic carbocycles. The summed E-state index contributed by atoms with van der Waals surface area (Å²) in [5.41, 5.74) is 3.68. The van der Waals surface area contributed by atoms with E-state index >= 15 is 0 Å². The maximum absolute atomic E-state index is 12.4. The Morgan fingerprint density at radius 3 is 2.58 bits per heavy atom. The number of Topliss-reactive ketones (excluding diaryl/α,β-unsaturated/α-hetero) is 1. The third kappa shape index (κ3) is 4.18. The fourth-order valence-electron chi connectivity index (χ4n) is 5.20. The number of piperazine rings is 1. The predicted molar refractivity (Wildman–Crippen MR) is 129 cm³/mol. The maximum atomic E-state index is 12.4. The van der Waals surface area contributed by atoms with Crippen LogP contribution in [0.25, 0.3) is 5.57 Å². The van der Waals surface area contributed by atoms with Gasteiger partial charge in [0.2, 0.25) is 5.95 Å². The number of hydrogen-bond donors (Lipinski definition) is 3. The Hall–Kier alpha value is -3.04. The number of aliphatic hydroxyl groups is 1. The molecule has 0 spiro atoms. The molecule has 2 aromatic heterocycles. The first-order valence-corrected chi connectivity index (χ1v) is 11.8. The van der Waals surface area contributed by atoms with Gasteiger partial charge in [0.15, 0.2) is 12.0 Å². The molecule has 9 heteroatoms. The molecule has 0 radical (unpaired) electrons. The van der Waals surface area contributed by atoms with E-state index in [0.29, 0.717) is 28.6 Å². The van der Waals surface area contributed by atoms with Crippen molar-refractivity contribution in [3.8, 4) is 0 Å². The second-order valence-electron chi connectivity index (χ2n) is 9.01. The molecule has 3 aliphatic rings. The highest BCUT2D eigenvalue weighted by molar-refractivity contribution is 6.04. The molecule has 9 nitrogen and oxygen atoms in total. The van der Waals surface area contributed by atoms with Crippen LogP contribution in [0.3, 0.4) is 0 Å². The smallest absolute Gasteiger partial charge is 0.229 e. The number of fused-ring (bicyclic) bond motifs is 1. The van der Waals surface area contributed by atoms with E-state index in [0.717, 1.165) is 63.2 Å². The second kappa shape index (κ2) is 9.07. The molecule has 2 aromatic rings. The number of hydrogen-bond acceptors (Lipinski definition) is 9. The number of carbonyl (C=O) groups excluding carboxylic acids is 1. The molecule has 3 N–H and O–H groups in total. The van der Waals surface area contributed by atoms with Gasteiger partial charge in [0.1, 0.15) is 5.82 Å². The Bertz CT molecular complexity index is 1060. The molecular formula is C24H31N7O2. The third-order valence-electron chi connectivity index (χ3n) is 6.90. The van der Waals surface area contributed by atoms with Crippen molar-refractivity contribution in [2.24, 2.45) is 0 Å². The largest absolute Gasteiger partial charge is 0.369 e. The van der Waals surface area contributed by atoms with Crippen LogP contribution in [0.15, 0.2) is 30.1 Å². The Morgan fingerprint density at radius 1 is 1.15 bits per heavy atom. The molecule has 1 unspecified atom stereocenters. The van der Waals surface area contributed by atoms with Gasteiger partial charge in [0.25, 0.3) is 0 Å². The maximum Gasteiger partial charge on any atom is 0.229 e. The molecular weight excluding hydrogens is 418 g/mol. The lowest BCUT2D eigenvalue weighted by Gasteiger charge is -2.40. The van der Waals surface area contributed by atoms with Crippen molar-refractivity contribution in [3.05, 3.63) is 35.8 Å². The zero-order chi connectivity index (χ0) is 22.9. The molecule has 1 saturated carbocycles. The Kier molecular flexibility index (Phi) is 5.99. The van der Waals surface area contributed by atoms with Crippen LogP contribution in [0.5, 0.6) is 0 Å². The summed E-state index contributed by atoms with van der Waals surface area (Å²) in [6.07, 6.45) is 6.88. The van der Waals surface area contributed by atoms with Gasteiger partial charge in [-0.2, -0.15) is 0 Å². The Morgan fingerprint density at radius 2 is 1.91 bits per heavy atom. The first-order chi connectivity index (χ1) is 16.0. The minimum absolute atomic E-state index is 0.132. The van der Waals surface area contributed by atoms with Crippen molar-refractivity contribution in [1.82, 2.24) is 20.3 Å². The fourth-order valence-corrected chi connectivity index (χ4v) is 5.20. The van der Waals surface area contributed by atoms with E-state index in [2.05, 4.69) is 31.6 Å². The summed E-state index contributed by atoms with van der Waals surface area (Å²) in [6.45, 7) is 7.24. The zero-order valence-electron chi connectivity index (χ0n) is 19.2. The van der Waals surface area contributed by atoms with Gasteiger partial charge in [-0.15, -0.1) is 0 Å². The summed E-state index contributed by atoms with van der Waals surface area (Å²) in [6, 6.07) is 4.16. The number of nitrogens with zero attached hydrogens (tertiary/aromatic N) is 5. The number of allylic oxidation sites excluding steroid dienone is 1. The van der Waals surface area contributed by atoms with Crippen molar-refractivity contribution in [1.29, 1.82) is 0 Å². The highest BCUT2D eigenvalue weighted by Gasteiger charge is 2.38. The van der Waals surface area contributed by atoms with Gasteiger partial charge in [-0.1, -0.05) is 12.8 Å². The highest BCUT2D eigenvalue weighted by Crippen LogP contribution is 2.41. The molecule has 33 heavy (non-hydrogen) atoms. The van der Waals surface area contributed by atoms with Crippen molar-refractivity contribution < 1.29 is 9.90 Å². The van der Waals surface area contributed by atoms with Crippen molar-refractivity contribution >= 4 is 34.5 Å². The van der Waals surface area contributed by atoms with E-state index in [4.69, 9.17) is 4.98 Å². The number of rotatable bonds is 5. The quantitative estimate of drug-likeness (QED) is 0.635. The first kappa shape index (κ1) is 21.8. The number of anilines is 4. The number of aliphatic hydroxyl groups excluding tert-OH is 1. The van der Waals surface area contributed by atoms with Gasteiger partial charge in [-0.05, 0) is 44.4 Å². The Labute approximate surface area is 193 Å². The average molecular weight is 450 g/mol. The molecule has 1 saturated heterocycles. The van der Waals surface area contributed by atoms with Crippen molar-refractivity contribution in [2.75, 3.05) is 41.3 Å². The molecule has 2 aliphatic heterocycles. The van der Waals surface area contributed by atoms with E-state index in [9.17, 15) is 9.90 Å². The number of pyridine rings is 1. The molecule has 0 bridgehead atoms.